The molecule has 2 unspecified atom stereocenters. The van der Waals surface area contributed by atoms with E-state index in [9.17, 15) is 0 Å². The van der Waals surface area contributed by atoms with Crippen molar-refractivity contribution in [3.63, 3.8) is 0 Å². The highest BCUT2D eigenvalue weighted by molar-refractivity contribution is 5.36. The molecule has 0 spiro atoms. The van der Waals surface area contributed by atoms with Crippen LogP contribution in [0, 0.1) is 19.8 Å². The maximum absolute atomic E-state index is 6.03. The van der Waals surface area contributed by atoms with Crippen LogP contribution < -0.4 is 5.73 Å². The zero-order valence-corrected chi connectivity index (χ0v) is 11.2. The summed E-state index contributed by atoms with van der Waals surface area (Å²) in [5.41, 5.74) is 10.2. The molecule has 2 N–H and O–H groups in total. The zero-order valence-electron chi connectivity index (χ0n) is 11.2. The van der Waals surface area contributed by atoms with Crippen molar-refractivity contribution >= 4 is 0 Å². The number of aryl methyl sites for hydroxylation is 2. The third-order valence-corrected chi connectivity index (χ3v) is 3.99. The molecule has 1 aliphatic heterocycles. The van der Waals surface area contributed by atoms with Crippen molar-refractivity contribution in [1.29, 1.82) is 0 Å². The van der Waals surface area contributed by atoms with Crippen molar-refractivity contribution in [3.05, 3.63) is 34.9 Å². The second kappa shape index (κ2) is 5.19. The minimum absolute atomic E-state index is 0.404. The van der Waals surface area contributed by atoms with Gasteiger partial charge in [0.25, 0.3) is 0 Å². The Bertz CT molecular complexity index is 366. The van der Waals surface area contributed by atoms with Crippen LogP contribution in [0.2, 0.25) is 0 Å². The lowest BCUT2D eigenvalue weighted by Gasteiger charge is -2.29. The summed E-state index contributed by atoms with van der Waals surface area (Å²) < 4.78 is 0. The van der Waals surface area contributed by atoms with Crippen molar-refractivity contribution in [2.75, 3.05) is 19.6 Å². The molecule has 2 nitrogen and oxygen atoms in total. The number of nitrogens with two attached hydrogens (primary N) is 1. The number of rotatable bonds is 3. The van der Waals surface area contributed by atoms with Gasteiger partial charge in [-0.05, 0) is 49.4 Å². The van der Waals surface area contributed by atoms with Gasteiger partial charge in [0, 0.05) is 19.1 Å². The van der Waals surface area contributed by atoms with Gasteiger partial charge in [-0.15, -0.1) is 0 Å². The van der Waals surface area contributed by atoms with Crippen LogP contribution in [-0.2, 0) is 0 Å². The van der Waals surface area contributed by atoms with Crippen LogP contribution >= 0.6 is 0 Å². The Labute approximate surface area is 105 Å². The van der Waals surface area contributed by atoms with E-state index in [2.05, 4.69) is 43.9 Å². The van der Waals surface area contributed by atoms with Crippen LogP contribution in [-0.4, -0.2) is 24.5 Å². The largest absolute Gasteiger partial charge is 0.329 e. The third-order valence-electron chi connectivity index (χ3n) is 3.99. The van der Waals surface area contributed by atoms with Gasteiger partial charge < -0.3 is 5.73 Å². The average molecular weight is 232 g/mol. The summed E-state index contributed by atoms with van der Waals surface area (Å²) >= 11 is 0. The Morgan fingerprint density at radius 1 is 1.35 bits per heavy atom. The van der Waals surface area contributed by atoms with E-state index in [0.29, 0.717) is 6.04 Å². The summed E-state index contributed by atoms with van der Waals surface area (Å²) in [4.78, 5) is 2.56. The van der Waals surface area contributed by atoms with Crippen LogP contribution in [0.5, 0.6) is 0 Å². The molecular formula is C15H24N2. The minimum Gasteiger partial charge on any atom is -0.329 e. The quantitative estimate of drug-likeness (QED) is 0.868. The van der Waals surface area contributed by atoms with E-state index in [-0.39, 0.29) is 0 Å². The second-order valence-electron chi connectivity index (χ2n) is 5.45. The predicted molar refractivity (Wildman–Crippen MR) is 73.1 cm³/mol. The van der Waals surface area contributed by atoms with E-state index in [4.69, 9.17) is 5.73 Å². The smallest absolute Gasteiger partial charge is 0.0475 e. The number of benzene rings is 1. The van der Waals surface area contributed by atoms with Crippen LogP contribution in [0.15, 0.2) is 18.2 Å². The maximum Gasteiger partial charge on any atom is 0.0475 e. The molecular weight excluding hydrogens is 208 g/mol. The summed E-state index contributed by atoms with van der Waals surface area (Å²) in [6.07, 6.45) is 1.31. The fourth-order valence-corrected chi connectivity index (χ4v) is 3.05. The molecule has 2 atom stereocenters. The first kappa shape index (κ1) is 12.6. The van der Waals surface area contributed by atoms with Gasteiger partial charge in [0.1, 0.15) is 0 Å². The number of likely N-dealkylation sites (tertiary alicyclic amines) is 1. The highest BCUT2D eigenvalue weighted by atomic mass is 15.2. The zero-order chi connectivity index (χ0) is 12.4. The molecule has 1 aromatic rings. The standard InChI is InChI=1S/C15H24N2/c1-11-7-8-17(10-11)14(9-16)15-12(2)5-4-6-13(15)3/h4-6,11,14H,7-10,16H2,1-3H3. The number of hydrogen-bond acceptors (Lipinski definition) is 2. The Kier molecular flexibility index (Phi) is 3.85. The molecule has 2 rings (SSSR count). The van der Waals surface area contributed by atoms with Crippen molar-refractivity contribution < 1.29 is 0 Å². The van der Waals surface area contributed by atoms with Gasteiger partial charge in [-0.3, -0.25) is 4.90 Å². The predicted octanol–water partition coefficient (Wildman–Crippen LogP) is 2.65. The first-order valence-electron chi connectivity index (χ1n) is 6.63. The summed E-state index contributed by atoms with van der Waals surface area (Å²) in [5, 5.41) is 0. The Morgan fingerprint density at radius 3 is 2.47 bits per heavy atom. The third kappa shape index (κ3) is 2.53. The van der Waals surface area contributed by atoms with Crippen LogP contribution in [0.1, 0.15) is 36.1 Å². The SMILES string of the molecule is Cc1cccc(C)c1C(CN)N1CCC(C)C1. The molecule has 1 aromatic carbocycles. The summed E-state index contributed by atoms with van der Waals surface area (Å²) in [7, 11) is 0. The average Bonchev–Trinajstić information content (AvgIpc) is 2.70. The van der Waals surface area contributed by atoms with E-state index in [1.807, 2.05) is 0 Å². The fraction of sp³-hybridized carbons (Fsp3) is 0.600. The number of nitrogens with zero attached hydrogens (tertiary/aromatic N) is 1. The molecule has 0 radical (unpaired) electrons. The summed E-state index contributed by atoms with van der Waals surface area (Å²) in [6, 6.07) is 6.93. The number of hydrogen-bond donors (Lipinski definition) is 1. The van der Waals surface area contributed by atoms with Crippen LogP contribution in [0.3, 0.4) is 0 Å². The second-order valence-corrected chi connectivity index (χ2v) is 5.45. The Morgan fingerprint density at radius 2 is 2.00 bits per heavy atom. The van der Waals surface area contributed by atoms with Gasteiger partial charge in [0.2, 0.25) is 0 Å². The van der Waals surface area contributed by atoms with E-state index in [1.54, 1.807) is 0 Å². The topological polar surface area (TPSA) is 29.3 Å². The highest BCUT2D eigenvalue weighted by Gasteiger charge is 2.27. The summed E-state index contributed by atoms with van der Waals surface area (Å²) in [6.45, 7) is 9.83. The van der Waals surface area contributed by atoms with Crippen molar-refractivity contribution in [2.24, 2.45) is 11.7 Å². The van der Waals surface area contributed by atoms with Gasteiger partial charge in [-0.1, -0.05) is 25.1 Å². The molecule has 1 heterocycles. The van der Waals surface area contributed by atoms with E-state index in [0.717, 1.165) is 12.5 Å². The lowest BCUT2D eigenvalue weighted by molar-refractivity contribution is 0.242. The van der Waals surface area contributed by atoms with Crippen LogP contribution in [0.25, 0.3) is 0 Å². The Hall–Kier alpha value is -0.860. The van der Waals surface area contributed by atoms with Crippen LogP contribution in [0.4, 0.5) is 0 Å². The molecule has 17 heavy (non-hydrogen) atoms. The molecule has 0 bridgehead atoms. The molecule has 0 aromatic heterocycles. The summed E-state index contributed by atoms with van der Waals surface area (Å²) in [5.74, 6) is 0.813. The molecule has 0 amide bonds. The molecule has 0 aliphatic carbocycles. The first-order chi connectivity index (χ1) is 8.13. The van der Waals surface area contributed by atoms with Gasteiger partial charge >= 0.3 is 0 Å². The molecule has 1 aliphatic rings. The fourth-order valence-electron chi connectivity index (χ4n) is 3.05. The maximum atomic E-state index is 6.03. The lowest BCUT2D eigenvalue weighted by atomic mass is 9.95. The normalized spacial score (nSPS) is 22.9. The van der Waals surface area contributed by atoms with Crippen molar-refractivity contribution in [2.45, 2.75) is 33.2 Å². The molecule has 94 valence electrons. The molecule has 0 saturated carbocycles. The minimum atomic E-state index is 0.404. The molecule has 1 fully saturated rings. The van der Waals surface area contributed by atoms with Crippen molar-refractivity contribution in [3.8, 4) is 0 Å². The van der Waals surface area contributed by atoms with Crippen molar-refractivity contribution in [1.82, 2.24) is 4.90 Å². The lowest BCUT2D eigenvalue weighted by Crippen LogP contribution is -2.33. The van der Waals surface area contributed by atoms with Gasteiger partial charge in [-0.25, -0.2) is 0 Å². The van der Waals surface area contributed by atoms with Gasteiger partial charge in [-0.2, -0.15) is 0 Å². The van der Waals surface area contributed by atoms with E-state index >= 15 is 0 Å². The van der Waals surface area contributed by atoms with E-state index in [1.165, 1.54) is 36.2 Å². The molecule has 1 saturated heterocycles. The van der Waals surface area contributed by atoms with E-state index < -0.39 is 0 Å². The Balaban J connectivity index is 2.29. The van der Waals surface area contributed by atoms with Gasteiger partial charge in [0.15, 0.2) is 0 Å². The molecule has 2 heteroatoms. The highest BCUT2D eigenvalue weighted by Crippen LogP contribution is 2.30. The monoisotopic (exact) mass is 232 g/mol. The van der Waals surface area contributed by atoms with Gasteiger partial charge in [0.05, 0.1) is 0 Å². The first-order valence-corrected chi connectivity index (χ1v) is 6.63.